The van der Waals surface area contributed by atoms with E-state index in [2.05, 4.69) is 155 Å². The van der Waals surface area contributed by atoms with E-state index in [4.69, 9.17) is 14.7 Å². The molecule has 5 heteroatoms. The van der Waals surface area contributed by atoms with Gasteiger partial charge in [-0.25, -0.2) is 9.97 Å². The third-order valence-electron chi connectivity index (χ3n) is 11.1. The van der Waals surface area contributed by atoms with Gasteiger partial charge in [-0.05, 0) is 82.9 Å². The predicted octanol–water partition coefficient (Wildman–Crippen LogP) is 12.9. The first-order valence-corrected chi connectivity index (χ1v) is 18.6. The van der Waals surface area contributed by atoms with Crippen LogP contribution in [0.4, 0.5) is 0 Å². The van der Waals surface area contributed by atoms with Gasteiger partial charge >= 0.3 is 0 Å². The van der Waals surface area contributed by atoms with E-state index in [0.29, 0.717) is 5.95 Å². The lowest BCUT2D eigenvalue weighted by molar-refractivity contribution is 0.486. The Morgan fingerprint density at radius 1 is 0.382 bits per heavy atom. The maximum Gasteiger partial charge on any atom is 0.235 e. The summed E-state index contributed by atoms with van der Waals surface area (Å²) >= 11 is 0. The number of hydrogen-bond donors (Lipinski definition) is 0. The molecule has 0 radical (unpaired) electrons. The molecule has 55 heavy (non-hydrogen) atoms. The quantitative estimate of drug-likeness (QED) is 0.183. The highest BCUT2D eigenvalue weighted by Gasteiger charge is 2.24. The summed E-state index contributed by atoms with van der Waals surface area (Å²) in [6.45, 7) is 0. The molecule has 8 aromatic carbocycles. The molecule has 0 unspecified atom stereocenters. The van der Waals surface area contributed by atoms with Gasteiger partial charge in [0.15, 0.2) is 0 Å². The Bertz CT molecular complexity index is 3340. The van der Waals surface area contributed by atoms with Gasteiger partial charge in [0.05, 0.1) is 38.7 Å². The molecule has 0 spiro atoms. The van der Waals surface area contributed by atoms with Crippen LogP contribution < -0.4 is 4.74 Å². The van der Waals surface area contributed by atoms with Crippen molar-refractivity contribution in [2.24, 2.45) is 0 Å². The minimum atomic E-state index is 0.634. The van der Waals surface area contributed by atoms with Gasteiger partial charge in [0.2, 0.25) is 5.95 Å². The van der Waals surface area contributed by atoms with E-state index in [1.807, 2.05) is 36.4 Å². The van der Waals surface area contributed by atoms with Gasteiger partial charge in [-0.2, -0.15) is 0 Å². The maximum absolute atomic E-state index is 6.31. The maximum atomic E-state index is 6.31. The van der Waals surface area contributed by atoms with Crippen LogP contribution in [-0.4, -0.2) is 19.1 Å². The zero-order chi connectivity index (χ0) is 36.0. The van der Waals surface area contributed by atoms with Crippen molar-refractivity contribution in [3.8, 4) is 56.6 Å². The van der Waals surface area contributed by atoms with Gasteiger partial charge in [0.25, 0.3) is 0 Å². The first-order valence-electron chi connectivity index (χ1n) is 18.6. The van der Waals surface area contributed by atoms with Gasteiger partial charge in [-0.1, -0.05) is 121 Å². The van der Waals surface area contributed by atoms with Crippen LogP contribution in [0.1, 0.15) is 0 Å². The predicted molar refractivity (Wildman–Crippen MR) is 225 cm³/mol. The molecular formula is C50H30N4O. The van der Waals surface area contributed by atoms with Crippen molar-refractivity contribution in [2.75, 3.05) is 0 Å². The summed E-state index contributed by atoms with van der Waals surface area (Å²) in [5.41, 5.74) is 13.0. The number of nitrogens with zero attached hydrogens (tertiary/aromatic N) is 4. The van der Waals surface area contributed by atoms with E-state index in [0.717, 1.165) is 72.3 Å². The summed E-state index contributed by atoms with van der Waals surface area (Å²) in [6.07, 6.45) is 0. The van der Waals surface area contributed by atoms with E-state index in [1.165, 1.54) is 32.9 Å². The summed E-state index contributed by atoms with van der Waals surface area (Å²) in [7, 11) is 0. The Hall–Kier alpha value is -7.50. The number of rotatable bonds is 4. The molecule has 0 atom stereocenters. The normalized spacial score (nSPS) is 12.1. The molecule has 0 N–H and O–H groups in total. The molecule has 0 aliphatic carbocycles. The Labute approximate surface area is 316 Å². The molecule has 0 bridgehead atoms. The van der Waals surface area contributed by atoms with Crippen LogP contribution in [0.15, 0.2) is 182 Å². The average molecular weight is 703 g/mol. The van der Waals surface area contributed by atoms with Crippen molar-refractivity contribution in [2.45, 2.75) is 0 Å². The van der Waals surface area contributed by atoms with Crippen LogP contribution in [0.5, 0.6) is 11.5 Å². The highest BCUT2D eigenvalue weighted by atomic mass is 16.5. The third kappa shape index (κ3) is 4.47. The van der Waals surface area contributed by atoms with Crippen LogP contribution >= 0.6 is 0 Å². The standard InChI is InChI=1S/C50H30N4O/c1-2-11-31(12-3-1)32-21-25-35(26-22-32)53-42-17-7-4-13-36(42)38-27-23-33(29-44(38)53)34-24-28-39-37-14-5-8-18-43(37)54(45(39)30-34)50-51-41-16-10-20-47-48(41)49(52-50)40-15-6-9-19-46(40)55-47/h1-30H. The fourth-order valence-corrected chi connectivity index (χ4v) is 8.62. The van der Waals surface area contributed by atoms with Crippen LogP contribution in [0, 0.1) is 0 Å². The highest BCUT2D eigenvalue weighted by molar-refractivity contribution is 6.12. The molecule has 5 nitrogen and oxygen atoms in total. The second-order valence-corrected chi connectivity index (χ2v) is 14.2. The summed E-state index contributed by atoms with van der Waals surface area (Å²) < 4.78 is 10.9. The van der Waals surface area contributed by atoms with Crippen LogP contribution in [0.25, 0.3) is 99.7 Å². The topological polar surface area (TPSA) is 44.9 Å². The zero-order valence-electron chi connectivity index (χ0n) is 29.5. The smallest absolute Gasteiger partial charge is 0.235 e. The van der Waals surface area contributed by atoms with Gasteiger partial charge in [-0.15, -0.1) is 0 Å². The lowest BCUT2D eigenvalue weighted by Gasteiger charge is -2.21. The van der Waals surface area contributed by atoms with E-state index >= 15 is 0 Å². The average Bonchev–Trinajstić information content (AvgIpc) is 3.76. The summed E-state index contributed by atoms with van der Waals surface area (Å²) in [5, 5.41) is 5.71. The molecule has 4 heterocycles. The SMILES string of the molecule is c1ccc(-c2ccc(-n3c4ccccc4c4ccc(-c5ccc6c7ccccc7n(-c7nc8c9c(cccc9n7)Oc7ccccc7-8)c6c5)cc43)cc2)cc1. The zero-order valence-corrected chi connectivity index (χ0v) is 29.5. The van der Waals surface area contributed by atoms with Crippen LogP contribution in [-0.2, 0) is 0 Å². The fourth-order valence-electron chi connectivity index (χ4n) is 8.62. The first-order chi connectivity index (χ1) is 27.3. The second kappa shape index (κ2) is 11.5. The lowest BCUT2D eigenvalue weighted by Crippen LogP contribution is -2.06. The molecule has 1 aliphatic rings. The Morgan fingerprint density at radius 2 is 0.945 bits per heavy atom. The minimum Gasteiger partial charge on any atom is -0.456 e. The third-order valence-corrected chi connectivity index (χ3v) is 11.1. The Kier molecular flexibility index (Phi) is 6.27. The molecule has 12 rings (SSSR count). The van der Waals surface area contributed by atoms with Crippen molar-refractivity contribution in [1.82, 2.24) is 19.1 Å². The van der Waals surface area contributed by atoms with Crippen molar-refractivity contribution >= 4 is 54.5 Å². The Balaban J connectivity index is 1.06. The molecular weight excluding hydrogens is 673 g/mol. The molecule has 256 valence electrons. The van der Waals surface area contributed by atoms with E-state index < -0.39 is 0 Å². The fraction of sp³-hybridized carbons (Fsp3) is 0. The summed E-state index contributed by atoms with van der Waals surface area (Å²) in [4.78, 5) is 10.5. The molecule has 11 aromatic rings. The molecule has 0 fully saturated rings. The number of benzene rings is 8. The first kappa shape index (κ1) is 30.0. The molecule has 3 aromatic heterocycles. The number of fused-ring (bicyclic) bond motifs is 8. The monoisotopic (exact) mass is 702 g/mol. The van der Waals surface area contributed by atoms with Gasteiger partial charge in [0.1, 0.15) is 11.5 Å². The lowest BCUT2D eigenvalue weighted by atomic mass is 10.0. The largest absolute Gasteiger partial charge is 0.456 e. The van der Waals surface area contributed by atoms with Gasteiger partial charge in [-0.3, -0.25) is 4.57 Å². The van der Waals surface area contributed by atoms with Crippen molar-refractivity contribution in [1.29, 1.82) is 0 Å². The van der Waals surface area contributed by atoms with Crippen molar-refractivity contribution in [3.63, 3.8) is 0 Å². The minimum absolute atomic E-state index is 0.634. The molecule has 1 aliphatic heterocycles. The van der Waals surface area contributed by atoms with Gasteiger partial charge < -0.3 is 9.30 Å². The summed E-state index contributed by atoms with van der Waals surface area (Å²) in [5.74, 6) is 2.22. The number of aromatic nitrogens is 4. The highest BCUT2D eigenvalue weighted by Crippen LogP contribution is 2.46. The molecule has 0 saturated heterocycles. The molecule has 0 amide bonds. The van der Waals surface area contributed by atoms with Gasteiger partial charge in [0, 0.05) is 32.8 Å². The number of hydrogen-bond acceptors (Lipinski definition) is 3. The number of ether oxygens (including phenoxy) is 1. The number of para-hydroxylation sites is 3. The van der Waals surface area contributed by atoms with E-state index in [-0.39, 0.29) is 0 Å². The van der Waals surface area contributed by atoms with E-state index in [9.17, 15) is 0 Å². The van der Waals surface area contributed by atoms with Crippen molar-refractivity contribution in [3.05, 3.63) is 182 Å². The summed E-state index contributed by atoms with van der Waals surface area (Å²) in [6, 6.07) is 64.5. The Morgan fingerprint density at radius 3 is 1.69 bits per heavy atom. The second-order valence-electron chi connectivity index (χ2n) is 14.2. The van der Waals surface area contributed by atoms with Crippen LogP contribution in [0.2, 0.25) is 0 Å². The molecule has 0 saturated carbocycles. The van der Waals surface area contributed by atoms with E-state index in [1.54, 1.807) is 0 Å². The van der Waals surface area contributed by atoms with Crippen LogP contribution in [0.3, 0.4) is 0 Å². The van der Waals surface area contributed by atoms with Crippen molar-refractivity contribution < 1.29 is 4.74 Å².